The number of nitrogens with one attached hydrogen (secondary N) is 2. The number of aliphatic hydroxyl groups excluding tert-OH is 1. The zero-order chi connectivity index (χ0) is 16.7. The van der Waals surface area contributed by atoms with E-state index in [1.807, 2.05) is 37.5 Å². The van der Waals surface area contributed by atoms with E-state index in [9.17, 15) is 4.79 Å². The van der Waals surface area contributed by atoms with Crippen LogP contribution < -0.4 is 15.4 Å². The smallest absolute Gasteiger partial charge is 0.242 e. The molecule has 1 atom stereocenters. The standard InChI is InChI=1S/C16H22N4O3/c1-17-15(13-10-19-20(2)11-13)16(22)18-9-12-3-5-14(6-4-12)23-8-7-21/h3-6,10-11,15,17,21H,7-9H2,1-2H3,(H,18,22). The fourth-order valence-corrected chi connectivity index (χ4v) is 2.20. The van der Waals surface area contributed by atoms with Crippen LogP contribution in [0.5, 0.6) is 5.75 Å². The van der Waals surface area contributed by atoms with E-state index in [0.717, 1.165) is 11.1 Å². The van der Waals surface area contributed by atoms with Crippen LogP contribution in [0.1, 0.15) is 17.2 Å². The number of carbonyl (C=O) groups is 1. The van der Waals surface area contributed by atoms with Gasteiger partial charge in [-0.25, -0.2) is 0 Å². The fraction of sp³-hybridized carbons (Fsp3) is 0.375. The van der Waals surface area contributed by atoms with Crippen LogP contribution in [0.2, 0.25) is 0 Å². The van der Waals surface area contributed by atoms with E-state index in [1.54, 1.807) is 17.9 Å². The zero-order valence-electron chi connectivity index (χ0n) is 13.3. The second kappa shape index (κ2) is 8.30. The highest BCUT2D eigenvalue weighted by atomic mass is 16.5. The molecule has 0 fully saturated rings. The number of benzene rings is 1. The van der Waals surface area contributed by atoms with Gasteiger partial charge < -0.3 is 20.5 Å². The first-order valence-corrected chi connectivity index (χ1v) is 7.40. The van der Waals surface area contributed by atoms with E-state index in [4.69, 9.17) is 9.84 Å². The van der Waals surface area contributed by atoms with E-state index >= 15 is 0 Å². The number of aliphatic hydroxyl groups is 1. The van der Waals surface area contributed by atoms with Crippen LogP contribution in [0.3, 0.4) is 0 Å². The number of likely N-dealkylation sites (N-methyl/N-ethyl adjacent to an activating group) is 1. The molecule has 0 spiro atoms. The predicted octanol–water partition coefficient (Wildman–Crippen LogP) is 0.368. The maximum Gasteiger partial charge on any atom is 0.242 e. The minimum Gasteiger partial charge on any atom is -0.491 e. The van der Waals surface area contributed by atoms with Crippen molar-refractivity contribution < 1.29 is 14.6 Å². The van der Waals surface area contributed by atoms with Crippen LogP contribution >= 0.6 is 0 Å². The monoisotopic (exact) mass is 318 g/mol. The van der Waals surface area contributed by atoms with Crippen molar-refractivity contribution >= 4 is 5.91 Å². The van der Waals surface area contributed by atoms with E-state index < -0.39 is 6.04 Å². The molecule has 3 N–H and O–H groups in total. The largest absolute Gasteiger partial charge is 0.491 e. The summed E-state index contributed by atoms with van der Waals surface area (Å²) in [6, 6.07) is 6.95. The van der Waals surface area contributed by atoms with Crippen LogP contribution in [0.25, 0.3) is 0 Å². The highest BCUT2D eigenvalue weighted by molar-refractivity contribution is 5.83. The van der Waals surface area contributed by atoms with E-state index in [-0.39, 0.29) is 19.1 Å². The highest BCUT2D eigenvalue weighted by Gasteiger charge is 2.19. The molecule has 2 aromatic rings. The molecule has 1 aromatic heterocycles. The second-order valence-electron chi connectivity index (χ2n) is 5.10. The van der Waals surface area contributed by atoms with Crippen LogP contribution in [-0.4, -0.2) is 41.1 Å². The third kappa shape index (κ3) is 4.80. The number of hydrogen-bond acceptors (Lipinski definition) is 5. The van der Waals surface area contributed by atoms with E-state index in [2.05, 4.69) is 15.7 Å². The topological polar surface area (TPSA) is 88.4 Å². The molecule has 0 saturated heterocycles. The molecular formula is C16H22N4O3. The molecule has 23 heavy (non-hydrogen) atoms. The lowest BCUT2D eigenvalue weighted by Gasteiger charge is -2.14. The third-order valence-electron chi connectivity index (χ3n) is 3.36. The first kappa shape index (κ1) is 17.0. The Bertz CT molecular complexity index is 625. The Morgan fingerprint density at radius 2 is 2.13 bits per heavy atom. The van der Waals surface area contributed by atoms with Crippen LogP contribution in [0.4, 0.5) is 0 Å². The van der Waals surface area contributed by atoms with Gasteiger partial charge in [-0.15, -0.1) is 0 Å². The number of hydrogen-bond donors (Lipinski definition) is 3. The maximum absolute atomic E-state index is 12.3. The number of ether oxygens (including phenoxy) is 1. The molecule has 0 aliphatic carbocycles. The van der Waals surface area contributed by atoms with Gasteiger partial charge in [-0.3, -0.25) is 9.48 Å². The number of rotatable bonds is 8. The molecule has 7 nitrogen and oxygen atoms in total. The normalized spacial score (nSPS) is 12.0. The Balaban J connectivity index is 1.90. The van der Waals surface area contributed by atoms with Crippen LogP contribution in [-0.2, 0) is 18.4 Å². The molecule has 124 valence electrons. The molecule has 0 bridgehead atoms. The lowest BCUT2D eigenvalue weighted by atomic mass is 10.1. The quantitative estimate of drug-likeness (QED) is 0.654. The average Bonchev–Trinajstić information content (AvgIpc) is 2.98. The van der Waals surface area contributed by atoms with Gasteiger partial charge in [0, 0.05) is 25.4 Å². The molecule has 7 heteroatoms. The maximum atomic E-state index is 12.3. The van der Waals surface area contributed by atoms with Gasteiger partial charge in [-0.2, -0.15) is 5.10 Å². The summed E-state index contributed by atoms with van der Waals surface area (Å²) in [5.41, 5.74) is 1.79. The summed E-state index contributed by atoms with van der Waals surface area (Å²) >= 11 is 0. The van der Waals surface area contributed by atoms with Crippen molar-refractivity contribution in [1.82, 2.24) is 20.4 Å². The summed E-state index contributed by atoms with van der Waals surface area (Å²) in [6.45, 7) is 0.681. The SMILES string of the molecule is CNC(C(=O)NCc1ccc(OCCO)cc1)c1cnn(C)c1. The predicted molar refractivity (Wildman–Crippen MR) is 85.9 cm³/mol. The Hall–Kier alpha value is -2.38. The Kier molecular flexibility index (Phi) is 6.13. The molecule has 0 aliphatic rings. The van der Waals surface area contributed by atoms with Crippen molar-refractivity contribution in [2.45, 2.75) is 12.6 Å². The van der Waals surface area contributed by atoms with Gasteiger partial charge in [0.25, 0.3) is 0 Å². The van der Waals surface area contributed by atoms with Crippen molar-refractivity contribution in [2.24, 2.45) is 7.05 Å². The summed E-state index contributed by atoms with van der Waals surface area (Å²) in [5.74, 6) is 0.582. The summed E-state index contributed by atoms with van der Waals surface area (Å²) < 4.78 is 6.96. The molecule has 0 saturated carbocycles. The molecule has 1 amide bonds. The molecule has 0 aliphatic heterocycles. The zero-order valence-corrected chi connectivity index (χ0v) is 13.3. The second-order valence-corrected chi connectivity index (χ2v) is 5.10. The summed E-state index contributed by atoms with van der Waals surface area (Å²) in [4.78, 5) is 12.3. The number of aryl methyl sites for hydroxylation is 1. The summed E-state index contributed by atoms with van der Waals surface area (Å²) in [7, 11) is 3.55. The van der Waals surface area contributed by atoms with Crippen molar-refractivity contribution in [3.63, 3.8) is 0 Å². The van der Waals surface area contributed by atoms with E-state index in [1.165, 1.54) is 0 Å². The fourth-order valence-electron chi connectivity index (χ4n) is 2.20. The molecule has 1 aromatic carbocycles. The minimum absolute atomic E-state index is 0.0163. The lowest BCUT2D eigenvalue weighted by molar-refractivity contribution is -0.123. The summed E-state index contributed by atoms with van der Waals surface area (Å²) in [6.07, 6.45) is 3.49. The molecule has 1 heterocycles. The van der Waals surface area contributed by atoms with Crippen LogP contribution in [0, 0.1) is 0 Å². The van der Waals surface area contributed by atoms with Crippen molar-refractivity contribution in [3.05, 3.63) is 47.8 Å². The third-order valence-corrected chi connectivity index (χ3v) is 3.36. The first-order chi connectivity index (χ1) is 11.1. The van der Waals surface area contributed by atoms with Crippen LogP contribution in [0.15, 0.2) is 36.7 Å². The molecular weight excluding hydrogens is 296 g/mol. The van der Waals surface area contributed by atoms with Gasteiger partial charge >= 0.3 is 0 Å². The van der Waals surface area contributed by atoms with Crippen molar-refractivity contribution in [2.75, 3.05) is 20.3 Å². The Morgan fingerprint density at radius 1 is 1.39 bits per heavy atom. The van der Waals surface area contributed by atoms with Gasteiger partial charge in [0.2, 0.25) is 5.91 Å². The number of carbonyl (C=O) groups excluding carboxylic acids is 1. The molecule has 2 rings (SSSR count). The van der Waals surface area contributed by atoms with Gasteiger partial charge in [-0.1, -0.05) is 12.1 Å². The Labute approximate surface area is 135 Å². The highest BCUT2D eigenvalue weighted by Crippen LogP contribution is 2.14. The first-order valence-electron chi connectivity index (χ1n) is 7.40. The van der Waals surface area contributed by atoms with E-state index in [0.29, 0.717) is 12.3 Å². The van der Waals surface area contributed by atoms with Gasteiger partial charge in [-0.05, 0) is 24.7 Å². The van der Waals surface area contributed by atoms with Crippen molar-refractivity contribution in [1.29, 1.82) is 0 Å². The lowest BCUT2D eigenvalue weighted by Crippen LogP contribution is -2.35. The van der Waals surface area contributed by atoms with Gasteiger partial charge in [0.05, 0.1) is 12.8 Å². The average molecular weight is 318 g/mol. The number of nitrogens with zero attached hydrogens (tertiary/aromatic N) is 2. The molecule has 1 unspecified atom stereocenters. The number of amides is 1. The Morgan fingerprint density at radius 3 is 2.70 bits per heavy atom. The molecule has 0 radical (unpaired) electrons. The van der Waals surface area contributed by atoms with Crippen molar-refractivity contribution in [3.8, 4) is 5.75 Å². The van der Waals surface area contributed by atoms with Gasteiger partial charge in [0.1, 0.15) is 18.4 Å². The minimum atomic E-state index is -0.434. The number of aromatic nitrogens is 2. The summed E-state index contributed by atoms with van der Waals surface area (Å²) in [5, 5.41) is 18.7. The van der Waals surface area contributed by atoms with Gasteiger partial charge in [0.15, 0.2) is 0 Å².